The van der Waals surface area contributed by atoms with Gasteiger partial charge in [-0.1, -0.05) is 5.21 Å². The van der Waals surface area contributed by atoms with Gasteiger partial charge in [-0.15, -0.1) is 9.50 Å². The first-order valence-corrected chi connectivity index (χ1v) is 3.41. The Bertz CT molecular complexity index is 395. The highest BCUT2D eigenvalue weighted by atomic mass is 35.5. The average Bonchev–Trinajstić information content (AvgIpc) is 2.34. The number of aromatic amines is 1. The van der Waals surface area contributed by atoms with E-state index in [1.807, 2.05) is 6.92 Å². The molecule has 0 aliphatic heterocycles. The molecule has 5 nitrogen and oxygen atoms in total. The van der Waals surface area contributed by atoms with Crippen molar-refractivity contribution in [3.05, 3.63) is 16.9 Å². The van der Waals surface area contributed by atoms with Crippen LogP contribution in [0.4, 0.5) is 0 Å². The molecule has 2 aromatic rings. The molecule has 0 saturated carbocycles. The molecular formula is C5H5ClN5+. The van der Waals surface area contributed by atoms with Gasteiger partial charge in [-0.2, -0.15) is 0 Å². The lowest BCUT2D eigenvalue weighted by Gasteiger charge is -1.87. The maximum Gasteiger partial charge on any atom is 0.442 e. The largest absolute Gasteiger partial charge is 0.442 e. The summed E-state index contributed by atoms with van der Waals surface area (Å²) < 4.78 is 1.49. The molecule has 2 aromatic heterocycles. The smallest absolute Gasteiger partial charge is 0.107 e. The molecular weight excluding hydrogens is 166 g/mol. The van der Waals surface area contributed by atoms with Crippen molar-refractivity contribution in [2.75, 3.05) is 0 Å². The van der Waals surface area contributed by atoms with E-state index in [0.29, 0.717) is 10.9 Å². The zero-order valence-corrected chi connectivity index (χ0v) is 6.50. The van der Waals surface area contributed by atoms with Gasteiger partial charge in [-0.3, -0.25) is 0 Å². The minimum absolute atomic E-state index is 0.481. The standard InChI is InChI=1S/C5H4ClN5/c1-3-2-4(6)11-5(7-3)8-9-10-11/h2H,1H3/p+1. The number of hydrogen-bond donors (Lipinski definition) is 1. The molecule has 2 rings (SSSR count). The summed E-state index contributed by atoms with van der Waals surface area (Å²) in [5.41, 5.74) is 0.823. The minimum atomic E-state index is 0.481. The fourth-order valence-electron chi connectivity index (χ4n) is 0.844. The zero-order valence-electron chi connectivity index (χ0n) is 5.74. The number of aryl methyl sites for hydroxylation is 1. The van der Waals surface area contributed by atoms with Gasteiger partial charge in [0.1, 0.15) is 10.9 Å². The molecule has 0 aliphatic rings. The summed E-state index contributed by atoms with van der Waals surface area (Å²) in [5.74, 6) is 0.481. The maximum atomic E-state index is 5.82. The van der Waals surface area contributed by atoms with Crippen molar-refractivity contribution in [1.82, 2.24) is 20.5 Å². The normalized spacial score (nSPS) is 10.7. The van der Waals surface area contributed by atoms with E-state index in [9.17, 15) is 0 Å². The van der Waals surface area contributed by atoms with Crippen LogP contribution >= 0.6 is 11.6 Å². The molecule has 0 fully saturated rings. The molecule has 56 valence electrons. The van der Waals surface area contributed by atoms with Crippen LogP contribution in [0.2, 0.25) is 5.15 Å². The van der Waals surface area contributed by atoms with Gasteiger partial charge in [0, 0.05) is 6.07 Å². The Balaban J connectivity index is 2.91. The molecule has 0 aromatic carbocycles. The third kappa shape index (κ3) is 0.932. The summed E-state index contributed by atoms with van der Waals surface area (Å²) >= 11 is 5.82. The molecule has 0 bridgehead atoms. The quantitative estimate of drug-likeness (QED) is 0.444. The number of H-pyrrole nitrogens is 1. The van der Waals surface area contributed by atoms with Crippen molar-refractivity contribution in [3.63, 3.8) is 0 Å². The highest BCUT2D eigenvalue weighted by Gasteiger charge is 2.10. The molecule has 6 heteroatoms. The number of halogens is 1. The molecule has 0 saturated heterocycles. The molecule has 2 heterocycles. The van der Waals surface area contributed by atoms with E-state index in [-0.39, 0.29) is 0 Å². The first-order valence-electron chi connectivity index (χ1n) is 3.03. The monoisotopic (exact) mass is 170 g/mol. The van der Waals surface area contributed by atoms with Gasteiger partial charge in [0.15, 0.2) is 5.15 Å². The van der Waals surface area contributed by atoms with E-state index in [1.54, 1.807) is 6.07 Å². The molecule has 11 heavy (non-hydrogen) atoms. The topological polar surface area (TPSA) is 58.6 Å². The summed E-state index contributed by atoms with van der Waals surface area (Å²) in [7, 11) is 0. The first-order chi connectivity index (χ1) is 5.27. The van der Waals surface area contributed by atoms with Gasteiger partial charge in [-0.25, -0.2) is 0 Å². The molecule has 0 atom stereocenters. The van der Waals surface area contributed by atoms with Gasteiger partial charge >= 0.3 is 5.78 Å². The van der Waals surface area contributed by atoms with E-state index < -0.39 is 0 Å². The SMILES string of the molecule is Cc1cc(Cl)[n+]2[nH]nnc2n1. The summed E-state index contributed by atoms with van der Waals surface area (Å²) in [5, 5.41) is 10.3. The number of nitrogens with zero attached hydrogens (tertiary/aromatic N) is 4. The number of tetrazole rings is 1. The van der Waals surface area contributed by atoms with Gasteiger partial charge in [-0.05, 0) is 18.5 Å². The van der Waals surface area contributed by atoms with Crippen LogP contribution in [0.25, 0.3) is 5.78 Å². The number of fused-ring (bicyclic) bond motifs is 1. The van der Waals surface area contributed by atoms with Crippen molar-refractivity contribution in [3.8, 4) is 0 Å². The van der Waals surface area contributed by atoms with E-state index in [1.165, 1.54) is 4.52 Å². The predicted molar refractivity (Wildman–Crippen MR) is 37.1 cm³/mol. The molecule has 0 unspecified atom stereocenters. The average molecular weight is 171 g/mol. The van der Waals surface area contributed by atoms with Crippen LogP contribution in [0.3, 0.4) is 0 Å². The second-order valence-electron chi connectivity index (χ2n) is 2.16. The number of hydrogen-bond acceptors (Lipinski definition) is 3. The molecule has 1 N–H and O–H groups in total. The Labute approximate surface area is 67.0 Å². The van der Waals surface area contributed by atoms with Crippen LogP contribution < -0.4 is 4.52 Å². The Hall–Kier alpha value is -1.23. The lowest BCUT2D eigenvalue weighted by atomic mass is 10.5. The van der Waals surface area contributed by atoms with E-state index >= 15 is 0 Å². The number of nitrogens with one attached hydrogen (secondary N) is 1. The van der Waals surface area contributed by atoms with E-state index in [4.69, 9.17) is 11.6 Å². The minimum Gasteiger partial charge on any atom is -0.107 e. The van der Waals surface area contributed by atoms with Gasteiger partial charge < -0.3 is 0 Å². The van der Waals surface area contributed by atoms with E-state index in [0.717, 1.165) is 5.69 Å². The van der Waals surface area contributed by atoms with Crippen molar-refractivity contribution in [2.45, 2.75) is 6.92 Å². The van der Waals surface area contributed by atoms with Crippen molar-refractivity contribution < 1.29 is 4.52 Å². The van der Waals surface area contributed by atoms with Crippen LogP contribution in [0.15, 0.2) is 6.07 Å². The Kier molecular flexibility index (Phi) is 1.25. The van der Waals surface area contributed by atoms with Crippen LogP contribution in [-0.4, -0.2) is 20.5 Å². The second kappa shape index (κ2) is 2.13. The maximum absolute atomic E-state index is 5.82. The third-order valence-electron chi connectivity index (χ3n) is 1.30. The summed E-state index contributed by atoms with van der Waals surface area (Å²) in [6.45, 7) is 1.85. The number of aromatic nitrogens is 5. The van der Waals surface area contributed by atoms with Crippen LogP contribution in [0.5, 0.6) is 0 Å². The summed E-state index contributed by atoms with van der Waals surface area (Å²) in [4.78, 5) is 4.07. The molecule has 0 aliphatic carbocycles. The Morgan fingerprint density at radius 2 is 2.45 bits per heavy atom. The summed E-state index contributed by atoms with van der Waals surface area (Å²) in [6.07, 6.45) is 0. The lowest BCUT2D eigenvalue weighted by Crippen LogP contribution is -2.26. The molecule has 0 amide bonds. The molecule has 0 spiro atoms. The third-order valence-corrected chi connectivity index (χ3v) is 1.58. The van der Waals surface area contributed by atoms with Gasteiger partial charge in [0.25, 0.3) is 0 Å². The van der Waals surface area contributed by atoms with Gasteiger partial charge in [0.2, 0.25) is 0 Å². The Morgan fingerprint density at radius 3 is 3.27 bits per heavy atom. The number of rotatable bonds is 0. The van der Waals surface area contributed by atoms with Crippen LogP contribution in [0, 0.1) is 6.92 Å². The van der Waals surface area contributed by atoms with Crippen LogP contribution in [0.1, 0.15) is 5.69 Å². The second-order valence-corrected chi connectivity index (χ2v) is 2.54. The highest BCUT2D eigenvalue weighted by molar-refractivity contribution is 6.28. The highest BCUT2D eigenvalue weighted by Crippen LogP contribution is 2.01. The fourth-order valence-corrected chi connectivity index (χ4v) is 1.12. The predicted octanol–water partition coefficient (Wildman–Crippen LogP) is -0.0998. The zero-order chi connectivity index (χ0) is 7.84. The Morgan fingerprint density at radius 1 is 1.64 bits per heavy atom. The summed E-state index contributed by atoms with van der Waals surface area (Å²) in [6, 6.07) is 1.73. The van der Waals surface area contributed by atoms with Crippen LogP contribution in [-0.2, 0) is 0 Å². The van der Waals surface area contributed by atoms with Crippen molar-refractivity contribution >= 4 is 17.4 Å². The van der Waals surface area contributed by atoms with E-state index in [2.05, 4.69) is 20.5 Å². The van der Waals surface area contributed by atoms with Crippen molar-refractivity contribution in [2.24, 2.45) is 0 Å². The van der Waals surface area contributed by atoms with Gasteiger partial charge in [0.05, 0.1) is 5.10 Å². The fraction of sp³-hybridized carbons (Fsp3) is 0.200. The first kappa shape index (κ1) is 6.48. The lowest BCUT2D eigenvalue weighted by molar-refractivity contribution is -0.582. The van der Waals surface area contributed by atoms with Crippen molar-refractivity contribution in [1.29, 1.82) is 0 Å². The molecule has 0 radical (unpaired) electrons.